The second kappa shape index (κ2) is 8.81. The van der Waals surface area contributed by atoms with Crippen LogP contribution >= 0.6 is 11.8 Å². The predicted octanol–water partition coefficient (Wildman–Crippen LogP) is 8.34. The van der Waals surface area contributed by atoms with Gasteiger partial charge in [0.05, 0.1) is 11.3 Å². The average molecular weight is 483 g/mol. The number of hydrogen-bond donors (Lipinski definition) is 0. The van der Waals surface area contributed by atoms with Gasteiger partial charge in [-0.3, -0.25) is 0 Å². The van der Waals surface area contributed by atoms with Crippen molar-refractivity contribution in [3.05, 3.63) is 59.8 Å². The molecule has 0 bridgehead atoms. The highest BCUT2D eigenvalue weighted by Gasteiger charge is 2.59. The molecule has 0 N–H and O–H groups in total. The minimum atomic E-state index is 0.120. The lowest BCUT2D eigenvalue weighted by molar-refractivity contribution is -0.0908. The molecule has 1 heterocycles. The third-order valence-corrected chi connectivity index (χ3v) is 11.7. The predicted molar refractivity (Wildman–Crippen MR) is 145 cm³/mol. The molecule has 3 fully saturated rings. The van der Waals surface area contributed by atoms with E-state index in [-0.39, 0.29) is 5.41 Å². The molecule has 2 aromatic rings. The van der Waals surface area contributed by atoms with Gasteiger partial charge in [-0.25, -0.2) is 4.98 Å². The van der Waals surface area contributed by atoms with Crippen molar-refractivity contribution in [2.24, 2.45) is 29.1 Å². The Balaban J connectivity index is 1.48. The number of hydrogen-bond acceptors (Lipinski definition) is 3. The zero-order valence-corrected chi connectivity index (χ0v) is 22.2. The van der Waals surface area contributed by atoms with Gasteiger partial charge in [-0.15, -0.1) is 18.3 Å². The Kier molecular flexibility index (Phi) is 5.88. The van der Waals surface area contributed by atoms with E-state index in [0.717, 1.165) is 46.1 Å². The fourth-order valence-corrected chi connectivity index (χ4v) is 9.77. The van der Waals surface area contributed by atoms with E-state index in [1.165, 1.54) is 68.2 Å². The summed E-state index contributed by atoms with van der Waals surface area (Å²) in [7, 11) is 0. The van der Waals surface area contributed by atoms with Crippen molar-refractivity contribution < 1.29 is 0 Å². The molecule has 6 rings (SSSR count). The van der Waals surface area contributed by atoms with Crippen molar-refractivity contribution in [3.8, 4) is 17.2 Å². The maximum atomic E-state index is 10.3. The van der Waals surface area contributed by atoms with Gasteiger partial charge in [-0.05, 0) is 85.2 Å². The Morgan fingerprint density at radius 2 is 1.91 bits per heavy atom. The molecule has 1 aromatic carbocycles. The molecule has 0 spiro atoms. The highest BCUT2D eigenvalue weighted by Crippen LogP contribution is 2.66. The number of thioether (sulfide) groups is 1. The van der Waals surface area contributed by atoms with Crippen LogP contribution in [0.3, 0.4) is 0 Å². The number of fused-ring (bicyclic) bond motifs is 7. The summed E-state index contributed by atoms with van der Waals surface area (Å²) in [5, 5.41) is 11.2. The summed E-state index contributed by atoms with van der Waals surface area (Å²) in [6.45, 7) is 9.09. The molecule has 4 aliphatic carbocycles. The minimum Gasteiger partial charge on any atom is -0.244 e. The third kappa shape index (κ3) is 3.46. The minimum absolute atomic E-state index is 0.120. The first-order chi connectivity index (χ1) is 17.0. The number of pyridine rings is 1. The molecule has 3 heteroatoms. The molecule has 4 aliphatic rings. The topological polar surface area (TPSA) is 36.7 Å². The van der Waals surface area contributed by atoms with Crippen LogP contribution in [-0.2, 0) is 11.8 Å². The maximum Gasteiger partial charge on any atom is 0.115 e. The summed E-state index contributed by atoms with van der Waals surface area (Å²) in [4.78, 5) is 5.33. The van der Waals surface area contributed by atoms with E-state index in [1.54, 1.807) is 11.8 Å². The van der Waals surface area contributed by atoms with Gasteiger partial charge in [0, 0.05) is 16.7 Å². The quantitative estimate of drug-likeness (QED) is 0.324. The van der Waals surface area contributed by atoms with Crippen molar-refractivity contribution in [1.29, 1.82) is 5.26 Å². The van der Waals surface area contributed by atoms with Crippen LogP contribution < -0.4 is 0 Å². The Morgan fingerprint density at radius 3 is 2.69 bits per heavy atom. The summed E-state index contributed by atoms with van der Waals surface area (Å²) in [5.74, 6) is 4.02. The van der Waals surface area contributed by atoms with E-state index in [9.17, 15) is 5.26 Å². The van der Waals surface area contributed by atoms with Crippen LogP contribution in [0.2, 0.25) is 0 Å². The first-order valence-electron chi connectivity index (χ1n) is 13.8. The van der Waals surface area contributed by atoms with Crippen LogP contribution in [0, 0.1) is 40.4 Å². The lowest BCUT2D eigenvalue weighted by atomic mass is 9.45. The highest BCUT2D eigenvalue weighted by atomic mass is 32.2. The number of aromatic nitrogens is 1. The number of nitriles is 1. The SMILES string of the molecule is C=CCSc1nc2c(c(-c3ccccc3)c1C#N)C[C@H]1[C@@H]3CC[C@H]4CCCC[C@]4(C)[C@@H]3CC[C@]21C. The van der Waals surface area contributed by atoms with Crippen molar-refractivity contribution in [2.75, 3.05) is 5.75 Å². The normalized spacial score (nSPS) is 35.2. The molecule has 0 amide bonds. The van der Waals surface area contributed by atoms with E-state index < -0.39 is 0 Å². The molecule has 3 saturated carbocycles. The van der Waals surface area contributed by atoms with E-state index in [2.05, 4.69) is 56.8 Å². The van der Waals surface area contributed by atoms with Crippen LogP contribution in [0.5, 0.6) is 0 Å². The highest BCUT2D eigenvalue weighted by molar-refractivity contribution is 7.99. The summed E-state index contributed by atoms with van der Waals surface area (Å²) in [6.07, 6.45) is 14.2. The van der Waals surface area contributed by atoms with E-state index in [0.29, 0.717) is 11.3 Å². The second-order valence-electron chi connectivity index (χ2n) is 12.1. The Morgan fingerprint density at radius 1 is 1.09 bits per heavy atom. The van der Waals surface area contributed by atoms with Crippen LogP contribution in [0.1, 0.15) is 82.0 Å². The molecule has 6 atom stereocenters. The third-order valence-electron chi connectivity index (χ3n) is 10.7. The van der Waals surface area contributed by atoms with Crippen molar-refractivity contribution >= 4 is 11.8 Å². The van der Waals surface area contributed by atoms with Gasteiger partial charge < -0.3 is 0 Å². The molecule has 0 saturated heterocycles. The van der Waals surface area contributed by atoms with Gasteiger partial charge in [-0.2, -0.15) is 5.26 Å². The van der Waals surface area contributed by atoms with Gasteiger partial charge in [0.1, 0.15) is 11.1 Å². The molecular weight excluding hydrogens is 444 g/mol. The van der Waals surface area contributed by atoms with Gasteiger partial charge in [-0.1, -0.05) is 63.1 Å². The lowest BCUT2D eigenvalue weighted by Gasteiger charge is -2.59. The van der Waals surface area contributed by atoms with Gasteiger partial charge in [0.2, 0.25) is 0 Å². The smallest absolute Gasteiger partial charge is 0.115 e. The van der Waals surface area contributed by atoms with Crippen molar-refractivity contribution in [3.63, 3.8) is 0 Å². The molecule has 2 nitrogen and oxygen atoms in total. The molecule has 0 radical (unpaired) electrons. The largest absolute Gasteiger partial charge is 0.244 e. The number of benzene rings is 1. The summed E-state index contributed by atoms with van der Waals surface area (Å²) >= 11 is 1.67. The monoisotopic (exact) mass is 482 g/mol. The first kappa shape index (κ1) is 23.4. The van der Waals surface area contributed by atoms with E-state index >= 15 is 0 Å². The van der Waals surface area contributed by atoms with Crippen molar-refractivity contribution in [1.82, 2.24) is 4.98 Å². The van der Waals surface area contributed by atoms with Gasteiger partial charge in [0.25, 0.3) is 0 Å². The van der Waals surface area contributed by atoms with Crippen LogP contribution in [-0.4, -0.2) is 10.7 Å². The van der Waals surface area contributed by atoms with Crippen LogP contribution in [0.25, 0.3) is 11.1 Å². The summed E-state index contributed by atoms with van der Waals surface area (Å²) < 4.78 is 0. The van der Waals surface area contributed by atoms with Crippen molar-refractivity contribution in [2.45, 2.75) is 82.1 Å². The van der Waals surface area contributed by atoms with Crippen LogP contribution in [0.4, 0.5) is 0 Å². The Hall–Kier alpha value is -2.05. The molecule has 182 valence electrons. The number of nitrogens with zero attached hydrogens (tertiary/aromatic N) is 2. The lowest BCUT2D eigenvalue weighted by Crippen LogP contribution is -2.53. The van der Waals surface area contributed by atoms with Crippen LogP contribution in [0.15, 0.2) is 48.0 Å². The Bertz CT molecular complexity index is 1180. The molecule has 0 aliphatic heterocycles. The summed E-state index contributed by atoms with van der Waals surface area (Å²) in [5.41, 5.74) is 6.44. The maximum absolute atomic E-state index is 10.3. The molecule has 0 unspecified atom stereocenters. The fourth-order valence-electron chi connectivity index (χ4n) is 9.05. The molecule has 1 aromatic heterocycles. The second-order valence-corrected chi connectivity index (χ2v) is 13.1. The first-order valence-corrected chi connectivity index (χ1v) is 14.8. The Labute approximate surface area is 215 Å². The standard InChI is InChI=1S/C32H38N2S/c1-4-18-35-30-25(20-33)28(21-10-6-5-7-11-21)24-19-27-23-14-13-22-12-8-9-16-31(22,2)26(23)15-17-32(27,3)29(24)34-30/h4-7,10-11,22-23,26-27H,1,8-9,12-19H2,2-3H3/t22-,23-,26-,27+,31+,32+/m1/s1. The summed E-state index contributed by atoms with van der Waals surface area (Å²) in [6, 6.07) is 13.2. The van der Waals surface area contributed by atoms with Gasteiger partial charge in [0.15, 0.2) is 0 Å². The molecular formula is C32H38N2S. The average Bonchev–Trinajstić information content (AvgIpc) is 3.18. The number of rotatable bonds is 4. The zero-order chi connectivity index (χ0) is 24.2. The fraction of sp³-hybridized carbons (Fsp3) is 0.562. The van der Waals surface area contributed by atoms with E-state index in [4.69, 9.17) is 4.98 Å². The van der Waals surface area contributed by atoms with E-state index in [1.807, 2.05) is 6.08 Å². The molecule has 35 heavy (non-hydrogen) atoms. The zero-order valence-electron chi connectivity index (χ0n) is 21.4. The van der Waals surface area contributed by atoms with Gasteiger partial charge >= 0.3 is 0 Å².